The van der Waals surface area contributed by atoms with Gasteiger partial charge in [-0.2, -0.15) is 0 Å². The van der Waals surface area contributed by atoms with Gasteiger partial charge in [0, 0.05) is 19.2 Å². The van der Waals surface area contributed by atoms with Crippen molar-refractivity contribution in [3.63, 3.8) is 0 Å². The monoisotopic (exact) mass is 363 g/mol. The topological polar surface area (TPSA) is 102 Å². The van der Waals surface area contributed by atoms with E-state index in [-0.39, 0.29) is 17.2 Å². The average molecular weight is 363 g/mol. The van der Waals surface area contributed by atoms with Gasteiger partial charge in [0.1, 0.15) is 5.69 Å². The molecule has 1 aliphatic rings. The molecule has 1 atom stereocenters. The number of halogens is 1. The second-order valence-electron chi connectivity index (χ2n) is 6.37. The Balaban J connectivity index is 1.86. The molecule has 0 spiro atoms. The van der Waals surface area contributed by atoms with E-state index in [9.17, 15) is 14.0 Å². The van der Waals surface area contributed by atoms with Crippen LogP contribution in [-0.2, 0) is 0 Å². The molecular weight excluding hydrogens is 345 g/mol. The molecule has 1 saturated heterocycles. The minimum absolute atomic E-state index is 0.126. The Hall–Kier alpha value is -2.52. The number of nitrogens with one attached hydrogen (secondary N) is 1. The lowest BCUT2D eigenvalue weighted by molar-refractivity contribution is 0.124. The molecule has 1 fully saturated rings. The molecule has 9 heteroatoms. The molecule has 0 radical (unpaired) electrons. The number of piperidine rings is 1. The van der Waals surface area contributed by atoms with Gasteiger partial charge in [0.2, 0.25) is 5.58 Å². The maximum atomic E-state index is 14.2. The van der Waals surface area contributed by atoms with Crippen LogP contribution in [0.4, 0.5) is 4.39 Å². The fourth-order valence-corrected chi connectivity index (χ4v) is 3.33. The molecule has 0 bridgehead atoms. The number of nitrogens with zero attached hydrogens (tertiary/aromatic N) is 2. The fraction of sp³-hybridized carbons (Fsp3) is 0.471. The maximum Gasteiger partial charge on any atom is 0.423 e. The lowest BCUT2D eigenvalue weighted by atomic mass is 10.1. The molecule has 2 aromatic heterocycles. The number of rotatable bonds is 4. The van der Waals surface area contributed by atoms with Crippen LogP contribution in [0, 0.1) is 5.82 Å². The average Bonchev–Trinajstić information content (AvgIpc) is 3.06. The van der Waals surface area contributed by atoms with Gasteiger partial charge in [0.05, 0.1) is 11.4 Å². The highest BCUT2D eigenvalue weighted by Gasteiger charge is 2.26. The first-order chi connectivity index (χ1) is 12.6. The van der Waals surface area contributed by atoms with Gasteiger partial charge >= 0.3 is 11.3 Å². The van der Waals surface area contributed by atoms with E-state index in [0.717, 1.165) is 32.0 Å². The van der Waals surface area contributed by atoms with E-state index in [1.807, 2.05) is 6.92 Å². The van der Waals surface area contributed by atoms with Gasteiger partial charge in [-0.05, 0) is 19.3 Å². The molecular formula is C17H18FN3O5. The van der Waals surface area contributed by atoms with Crippen molar-refractivity contribution in [1.82, 2.24) is 15.6 Å². The van der Waals surface area contributed by atoms with Crippen LogP contribution in [0.5, 0.6) is 0 Å². The second kappa shape index (κ2) is 6.65. The zero-order chi connectivity index (χ0) is 18.3. The van der Waals surface area contributed by atoms with E-state index in [1.54, 1.807) is 0 Å². The van der Waals surface area contributed by atoms with E-state index in [4.69, 9.17) is 13.4 Å². The first-order valence-electron chi connectivity index (χ1n) is 8.65. The highest BCUT2D eigenvalue weighted by atomic mass is 19.1. The van der Waals surface area contributed by atoms with Crippen molar-refractivity contribution in [3.8, 4) is 0 Å². The molecule has 0 saturated carbocycles. The molecule has 8 nitrogen and oxygen atoms in total. The third-order valence-corrected chi connectivity index (χ3v) is 4.64. The van der Waals surface area contributed by atoms with E-state index in [2.05, 4.69) is 15.6 Å². The lowest BCUT2D eigenvalue weighted by Gasteiger charge is -2.30. The summed E-state index contributed by atoms with van der Waals surface area (Å²) in [6.45, 7) is 3.82. The van der Waals surface area contributed by atoms with Gasteiger partial charge in [-0.25, -0.2) is 24.4 Å². The van der Waals surface area contributed by atoms with Crippen molar-refractivity contribution < 1.29 is 17.7 Å². The summed E-state index contributed by atoms with van der Waals surface area (Å²) in [7, 11) is 0. The molecule has 1 unspecified atom stereocenters. The molecule has 1 N–H and O–H groups in total. The van der Waals surface area contributed by atoms with Crippen LogP contribution in [-0.4, -0.2) is 23.3 Å². The van der Waals surface area contributed by atoms with Crippen molar-refractivity contribution in [1.29, 1.82) is 0 Å². The minimum Gasteiger partial charge on any atom is -0.413 e. The second-order valence-corrected chi connectivity index (χ2v) is 6.37. The first kappa shape index (κ1) is 16.9. The molecule has 3 heterocycles. The Bertz CT molecular complexity index is 1060. The molecule has 1 aliphatic heterocycles. The van der Waals surface area contributed by atoms with Crippen LogP contribution in [0.3, 0.4) is 0 Å². The predicted molar refractivity (Wildman–Crippen MR) is 90.1 cm³/mol. The predicted octanol–water partition coefficient (Wildman–Crippen LogP) is 2.47. The van der Waals surface area contributed by atoms with Crippen molar-refractivity contribution in [3.05, 3.63) is 38.4 Å². The summed E-state index contributed by atoms with van der Waals surface area (Å²) in [5.41, 5.74) is 0.976. The normalized spacial score (nSPS) is 17.2. The number of fused-ring (bicyclic) bond motifs is 3. The lowest BCUT2D eigenvalue weighted by Crippen LogP contribution is -2.43. The van der Waals surface area contributed by atoms with Gasteiger partial charge in [0.15, 0.2) is 17.0 Å². The Kier molecular flexibility index (Phi) is 4.33. The van der Waals surface area contributed by atoms with Crippen molar-refractivity contribution >= 4 is 22.1 Å². The summed E-state index contributed by atoms with van der Waals surface area (Å²) >= 11 is 0. The summed E-state index contributed by atoms with van der Waals surface area (Å²) in [5, 5.41) is 6.52. The molecule has 4 rings (SSSR count). The van der Waals surface area contributed by atoms with Crippen LogP contribution < -0.4 is 16.7 Å². The smallest absolute Gasteiger partial charge is 0.413 e. The molecule has 26 heavy (non-hydrogen) atoms. The Morgan fingerprint density at radius 1 is 1.19 bits per heavy atom. The van der Waals surface area contributed by atoms with Gasteiger partial charge in [-0.15, -0.1) is 0 Å². The Morgan fingerprint density at radius 2 is 1.88 bits per heavy atom. The highest BCUT2D eigenvalue weighted by Crippen LogP contribution is 2.33. The maximum absolute atomic E-state index is 14.2. The fourth-order valence-electron chi connectivity index (χ4n) is 3.33. The van der Waals surface area contributed by atoms with Gasteiger partial charge in [0.25, 0.3) is 0 Å². The molecule has 1 aromatic carbocycles. The van der Waals surface area contributed by atoms with E-state index in [1.165, 1.54) is 6.42 Å². The number of aromatic nitrogens is 1. The Morgan fingerprint density at radius 3 is 2.58 bits per heavy atom. The summed E-state index contributed by atoms with van der Waals surface area (Å²) in [6, 6.07) is 0.852. The summed E-state index contributed by atoms with van der Waals surface area (Å²) < 4.78 is 29.2. The first-order valence-corrected chi connectivity index (χ1v) is 8.65. The molecule has 3 aromatic rings. The van der Waals surface area contributed by atoms with Crippen molar-refractivity contribution in [2.45, 2.75) is 38.6 Å². The quantitative estimate of drug-likeness (QED) is 0.706. The zero-order valence-corrected chi connectivity index (χ0v) is 14.2. The summed E-state index contributed by atoms with van der Waals surface area (Å²) in [6.07, 6.45) is 4.10. The van der Waals surface area contributed by atoms with Gasteiger partial charge in [-0.3, -0.25) is 0 Å². The van der Waals surface area contributed by atoms with Crippen molar-refractivity contribution in [2.24, 2.45) is 0 Å². The number of benzene rings is 1. The summed E-state index contributed by atoms with van der Waals surface area (Å²) in [5.74, 6) is -0.854. The largest absolute Gasteiger partial charge is 0.423 e. The number of hydrazine groups is 1. The van der Waals surface area contributed by atoms with Crippen LogP contribution >= 0.6 is 0 Å². The Labute approximate surface area is 146 Å². The van der Waals surface area contributed by atoms with Crippen LogP contribution in [0.15, 0.2) is 29.0 Å². The highest BCUT2D eigenvalue weighted by molar-refractivity contribution is 6.01. The standard InChI is InChI=1S/C17H18FN3O5/c1-2-10(19-21-6-4-3-5-7-21)13-12-11(26-20-13)8-9(18)14-15(12)25-17(23)16(22)24-14/h8,10,19H,2-7H2,1H3. The van der Waals surface area contributed by atoms with Crippen molar-refractivity contribution in [2.75, 3.05) is 13.1 Å². The summed E-state index contributed by atoms with van der Waals surface area (Å²) in [4.78, 5) is 23.0. The van der Waals surface area contributed by atoms with Gasteiger partial charge < -0.3 is 13.4 Å². The molecule has 0 amide bonds. The third kappa shape index (κ3) is 2.82. The van der Waals surface area contributed by atoms with Crippen LogP contribution in [0.1, 0.15) is 44.3 Å². The molecule has 0 aliphatic carbocycles. The number of hydrogen-bond acceptors (Lipinski definition) is 8. The zero-order valence-electron chi connectivity index (χ0n) is 14.2. The number of hydrogen-bond donors (Lipinski definition) is 1. The van der Waals surface area contributed by atoms with E-state index < -0.39 is 22.7 Å². The van der Waals surface area contributed by atoms with Crippen LogP contribution in [0.25, 0.3) is 22.1 Å². The SMILES string of the molecule is CCC(NN1CCCCC1)c1noc2cc(F)c3oc(=O)c(=O)oc3c12. The van der Waals surface area contributed by atoms with E-state index >= 15 is 0 Å². The minimum atomic E-state index is -1.26. The molecule has 138 valence electrons. The van der Waals surface area contributed by atoms with Gasteiger partial charge in [-0.1, -0.05) is 18.5 Å². The van der Waals surface area contributed by atoms with Crippen LogP contribution in [0.2, 0.25) is 0 Å². The van der Waals surface area contributed by atoms with E-state index in [0.29, 0.717) is 17.5 Å². The third-order valence-electron chi connectivity index (χ3n) is 4.64.